The first-order chi connectivity index (χ1) is 9.92. The average Bonchev–Trinajstić information content (AvgIpc) is 3.09. The Morgan fingerprint density at radius 3 is 1.60 bits per heavy atom. The molecular formula is C18H14P2. The van der Waals surface area contributed by atoms with Crippen LogP contribution in [0, 0.1) is 11.6 Å². The molecule has 2 heteroatoms. The molecule has 0 aliphatic rings. The highest BCUT2D eigenvalue weighted by Gasteiger charge is 2.06. The molecule has 96 valence electrons. The summed E-state index contributed by atoms with van der Waals surface area (Å²) in [6, 6.07) is 17.4. The third-order valence-corrected chi connectivity index (χ3v) is 6.09. The van der Waals surface area contributed by atoms with Crippen molar-refractivity contribution in [2.75, 3.05) is 0 Å². The number of hydrogen-bond acceptors (Lipinski definition) is 0. The summed E-state index contributed by atoms with van der Waals surface area (Å²) >= 11 is 0. The van der Waals surface area contributed by atoms with Crippen LogP contribution in [0.25, 0.3) is 21.0 Å². The van der Waals surface area contributed by atoms with Crippen molar-refractivity contribution in [3.63, 3.8) is 0 Å². The van der Waals surface area contributed by atoms with E-state index in [1.165, 1.54) is 32.1 Å². The molecule has 2 radical (unpaired) electrons. The number of benzene rings is 2. The molecule has 0 N–H and O–H groups in total. The summed E-state index contributed by atoms with van der Waals surface area (Å²) in [6.07, 6.45) is 2.18. The highest BCUT2D eigenvalue weighted by atomic mass is 31.0. The molecule has 4 rings (SSSR count). The van der Waals surface area contributed by atoms with E-state index in [0.717, 1.165) is 29.2 Å². The fourth-order valence-corrected chi connectivity index (χ4v) is 4.96. The molecule has 0 amide bonds. The van der Waals surface area contributed by atoms with Gasteiger partial charge in [0.2, 0.25) is 0 Å². The van der Waals surface area contributed by atoms with Crippen molar-refractivity contribution in [3.05, 3.63) is 71.3 Å². The van der Waals surface area contributed by atoms with Gasteiger partial charge in [0.05, 0.1) is 0 Å². The fourth-order valence-electron chi connectivity index (χ4n) is 2.78. The second-order valence-corrected chi connectivity index (χ2v) is 7.13. The lowest BCUT2D eigenvalue weighted by Crippen LogP contribution is -1.89. The molecule has 0 saturated heterocycles. The van der Waals surface area contributed by atoms with E-state index in [9.17, 15) is 0 Å². The Labute approximate surface area is 122 Å². The molecule has 0 aliphatic carbocycles. The summed E-state index contributed by atoms with van der Waals surface area (Å²) in [6.45, 7) is 0. The van der Waals surface area contributed by atoms with Gasteiger partial charge in [0, 0.05) is 11.6 Å². The Kier molecular flexibility index (Phi) is 3.15. The molecule has 2 aromatic heterocycles. The minimum atomic E-state index is 0.729. The number of hydrogen-bond donors (Lipinski definition) is 0. The summed E-state index contributed by atoms with van der Waals surface area (Å²) in [5.74, 6) is 7.15. The fraction of sp³-hybridized carbons (Fsp3) is 0.111. The molecule has 2 aromatic carbocycles. The van der Waals surface area contributed by atoms with Crippen LogP contribution in [-0.4, -0.2) is 0 Å². The van der Waals surface area contributed by atoms with Gasteiger partial charge >= 0.3 is 0 Å². The molecule has 2 atom stereocenters. The average molecular weight is 292 g/mol. The Bertz CT molecular complexity index is 793. The molecule has 0 bridgehead atoms. The van der Waals surface area contributed by atoms with Crippen molar-refractivity contribution in [2.24, 2.45) is 0 Å². The van der Waals surface area contributed by atoms with Crippen LogP contribution in [0.1, 0.15) is 11.1 Å². The molecule has 0 nitrogen and oxygen atoms in total. The van der Waals surface area contributed by atoms with Crippen LogP contribution in [0.2, 0.25) is 0 Å². The smallest absolute Gasteiger partial charge is 0.00663 e. The highest BCUT2D eigenvalue weighted by Crippen LogP contribution is 2.32. The number of rotatable bonds is 3. The predicted octanol–water partition coefficient (Wildman–Crippen LogP) is 5.44. The Hall–Kier alpha value is -1.48. The van der Waals surface area contributed by atoms with E-state index >= 15 is 0 Å². The minimum Gasteiger partial charge on any atom is -0.123 e. The van der Waals surface area contributed by atoms with Crippen molar-refractivity contribution in [2.45, 2.75) is 12.8 Å². The van der Waals surface area contributed by atoms with Gasteiger partial charge in [0.1, 0.15) is 0 Å². The molecule has 0 saturated carbocycles. The van der Waals surface area contributed by atoms with E-state index in [4.69, 9.17) is 0 Å². The lowest BCUT2D eigenvalue weighted by atomic mass is 10.0. The Balaban J connectivity index is 1.64. The third kappa shape index (κ3) is 2.10. The molecule has 0 fully saturated rings. The first-order valence-electron chi connectivity index (χ1n) is 6.86. The molecule has 0 spiro atoms. The first-order valence-corrected chi connectivity index (χ1v) is 8.86. The van der Waals surface area contributed by atoms with Crippen molar-refractivity contribution < 1.29 is 0 Å². The van der Waals surface area contributed by atoms with Crippen LogP contribution in [0.3, 0.4) is 0 Å². The highest BCUT2D eigenvalue weighted by molar-refractivity contribution is 7.36. The maximum atomic E-state index is 3.58. The van der Waals surface area contributed by atoms with Gasteiger partial charge in [0.15, 0.2) is 0 Å². The first kappa shape index (κ1) is 12.3. The molecular weight excluding hydrogens is 278 g/mol. The SMILES string of the molecule is [c]1[pH]c2ccccc2c1CCc1[c][pH]c2ccccc12. The van der Waals surface area contributed by atoms with Crippen molar-refractivity contribution in [3.8, 4) is 0 Å². The van der Waals surface area contributed by atoms with Crippen LogP contribution >= 0.6 is 16.4 Å². The third-order valence-electron chi connectivity index (χ3n) is 3.83. The van der Waals surface area contributed by atoms with E-state index < -0.39 is 0 Å². The Morgan fingerprint density at radius 2 is 1.10 bits per heavy atom. The van der Waals surface area contributed by atoms with Crippen LogP contribution in [-0.2, 0) is 12.8 Å². The van der Waals surface area contributed by atoms with Gasteiger partial charge in [-0.15, -0.1) is 16.4 Å². The number of aryl methyl sites for hydroxylation is 2. The zero-order chi connectivity index (χ0) is 13.4. The van der Waals surface area contributed by atoms with Gasteiger partial charge in [0.25, 0.3) is 0 Å². The van der Waals surface area contributed by atoms with Gasteiger partial charge < -0.3 is 0 Å². The van der Waals surface area contributed by atoms with Crippen LogP contribution in [0.5, 0.6) is 0 Å². The van der Waals surface area contributed by atoms with Gasteiger partial charge in [-0.1, -0.05) is 48.5 Å². The van der Waals surface area contributed by atoms with E-state index in [1.54, 1.807) is 0 Å². The van der Waals surface area contributed by atoms with Crippen LogP contribution in [0.4, 0.5) is 0 Å². The summed E-state index contributed by atoms with van der Waals surface area (Å²) < 4.78 is 0. The largest absolute Gasteiger partial charge is 0.123 e. The van der Waals surface area contributed by atoms with Gasteiger partial charge in [-0.05, 0) is 45.0 Å². The van der Waals surface area contributed by atoms with Crippen molar-refractivity contribution in [1.82, 2.24) is 0 Å². The summed E-state index contributed by atoms with van der Waals surface area (Å²) in [5.41, 5.74) is 2.81. The second kappa shape index (κ2) is 5.13. The topological polar surface area (TPSA) is 0 Å². The lowest BCUT2D eigenvalue weighted by Gasteiger charge is -2.00. The van der Waals surface area contributed by atoms with E-state index in [1.807, 2.05) is 0 Å². The van der Waals surface area contributed by atoms with E-state index in [2.05, 4.69) is 60.1 Å². The normalized spacial score (nSPS) is 12.2. The van der Waals surface area contributed by atoms with E-state index in [0.29, 0.717) is 0 Å². The molecule has 20 heavy (non-hydrogen) atoms. The maximum Gasteiger partial charge on any atom is 0.00663 e. The predicted molar refractivity (Wildman–Crippen MR) is 92.0 cm³/mol. The summed E-state index contributed by atoms with van der Waals surface area (Å²) in [7, 11) is 1.46. The minimum absolute atomic E-state index is 0.729. The monoisotopic (exact) mass is 292 g/mol. The van der Waals surface area contributed by atoms with Crippen LogP contribution in [0.15, 0.2) is 48.5 Å². The zero-order valence-electron chi connectivity index (χ0n) is 11.0. The number of fused-ring (bicyclic) bond motifs is 2. The van der Waals surface area contributed by atoms with E-state index in [-0.39, 0.29) is 0 Å². The molecule has 2 unspecified atom stereocenters. The standard InChI is InChI=1S/C18H14P2/c1-3-7-17-15(5-1)13(11-19-17)9-10-14-12-20-18-8-4-2-6-16(14)18/h1-8,19-20H,9-10H2. The zero-order valence-corrected chi connectivity index (χ0v) is 13.0. The Morgan fingerprint density at radius 1 is 0.650 bits per heavy atom. The second-order valence-electron chi connectivity index (χ2n) is 5.05. The molecule has 4 aromatic rings. The lowest BCUT2D eigenvalue weighted by molar-refractivity contribution is 0.985. The van der Waals surface area contributed by atoms with Crippen LogP contribution < -0.4 is 0 Å². The maximum absolute atomic E-state index is 3.58. The summed E-state index contributed by atoms with van der Waals surface area (Å²) in [5, 5.41) is 5.74. The van der Waals surface area contributed by atoms with Crippen molar-refractivity contribution in [1.29, 1.82) is 0 Å². The molecule has 2 heterocycles. The quantitative estimate of drug-likeness (QED) is 0.471. The summed E-state index contributed by atoms with van der Waals surface area (Å²) in [4.78, 5) is 0. The van der Waals surface area contributed by atoms with Gasteiger partial charge in [-0.3, -0.25) is 0 Å². The van der Waals surface area contributed by atoms with Crippen molar-refractivity contribution >= 4 is 37.4 Å². The van der Waals surface area contributed by atoms with Gasteiger partial charge in [-0.2, -0.15) is 0 Å². The van der Waals surface area contributed by atoms with Gasteiger partial charge in [-0.25, -0.2) is 0 Å². The molecule has 0 aliphatic heterocycles.